The lowest BCUT2D eigenvalue weighted by molar-refractivity contribution is 0.588. The van der Waals surface area contributed by atoms with Gasteiger partial charge in [-0.1, -0.05) is 23.2 Å². The first-order valence-electron chi connectivity index (χ1n) is 3.90. The van der Waals surface area contributed by atoms with Crippen LogP contribution in [-0.2, 0) is 15.9 Å². The quantitative estimate of drug-likeness (QED) is 0.869. The maximum atomic E-state index is 11.5. The monoisotopic (exact) mass is 287 g/mol. The van der Waals surface area contributed by atoms with Crippen LogP contribution in [0.15, 0.2) is 17.0 Å². The van der Waals surface area contributed by atoms with Crippen molar-refractivity contribution in [1.29, 1.82) is 0 Å². The second-order valence-electron chi connectivity index (χ2n) is 2.72. The molecule has 3 nitrogen and oxygen atoms in total. The van der Waals surface area contributed by atoms with Gasteiger partial charge in [0.05, 0.1) is 5.02 Å². The van der Waals surface area contributed by atoms with Gasteiger partial charge in [-0.15, -0.1) is 11.6 Å². The van der Waals surface area contributed by atoms with Gasteiger partial charge in [-0.05, 0) is 24.7 Å². The molecule has 7 heteroatoms. The van der Waals surface area contributed by atoms with Crippen LogP contribution in [0.2, 0.25) is 10.0 Å². The fourth-order valence-electron chi connectivity index (χ4n) is 1.02. The molecule has 0 atom stereocenters. The Labute approximate surface area is 103 Å². The highest BCUT2D eigenvalue weighted by Crippen LogP contribution is 2.30. The molecule has 1 aromatic rings. The first-order chi connectivity index (χ1) is 6.92. The lowest BCUT2D eigenvalue weighted by Crippen LogP contribution is -2.19. The number of rotatable bonds is 3. The largest absolute Gasteiger partial charge is 0.241 e. The average molecular weight is 289 g/mol. The fourth-order valence-corrected chi connectivity index (χ4v) is 2.96. The third kappa shape index (κ3) is 2.77. The van der Waals surface area contributed by atoms with Gasteiger partial charge in [-0.2, -0.15) is 0 Å². The van der Waals surface area contributed by atoms with Crippen molar-refractivity contribution in [2.24, 2.45) is 0 Å². The third-order valence-corrected chi connectivity index (χ3v) is 4.28. The van der Waals surface area contributed by atoms with E-state index in [1.54, 1.807) is 0 Å². The van der Waals surface area contributed by atoms with E-state index in [2.05, 4.69) is 4.72 Å². The van der Waals surface area contributed by atoms with E-state index in [9.17, 15) is 8.42 Å². The van der Waals surface area contributed by atoms with Crippen LogP contribution in [0.25, 0.3) is 0 Å². The molecule has 0 aliphatic rings. The highest BCUT2D eigenvalue weighted by molar-refractivity contribution is 7.89. The van der Waals surface area contributed by atoms with E-state index < -0.39 is 10.0 Å². The van der Waals surface area contributed by atoms with Gasteiger partial charge in [0.25, 0.3) is 0 Å². The second kappa shape index (κ2) is 4.89. The maximum absolute atomic E-state index is 11.5. The van der Waals surface area contributed by atoms with Gasteiger partial charge < -0.3 is 0 Å². The molecule has 0 unspecified atom stereocenters. The van der Waals surface area contributed by atoms with Crippen LogP contribution in [0, 0.1) is 0 Å². The Morgan fingerprint density at radius 1 is 1.33 bits per heavy atom. The Bertz CT molecular complexity index is 473. The summed E-state index contributed by atoms with van der Waals surface area (Å²) < 4.78 is 25.3. The molecule has 0 aliphatic carbocycles. The minimum atomic E-state index is -3.61. The highest BCUT2D eigenvalue weighted by Gasteiger charge is 2.19. The van der Waals surface area contributed by atoms with E-state index in [1.165, 1.54) is 19.2 Å². The molecule has 15 heavy (non-hydrogen) atoms. The minimum Gasteiger partial charge on any atom is -0.214 e. The van der Waals surface area contributed by atoms with Crippen LogP contribution in [0.5, 0.6) is 0 Å². The van der Waals surface area contributed by atoms with Gasteiger partial charge in [-0.3, -0.25) is 0 Å². The molecule has 1 rings (SSSR count). The predicted molar refractivity (Wildman–Crippen MR) is 62.3 cm³/mol. The molecular weight excluding hydrogens is 281 g/mol. The molecule has 0 aromatic heterocycles. The van der Waals surface area contributed by atoms with E-state index in [-0.39, 0.29) is 20.8 Å². The van der Waals surface area contributed by atoms with Crippen LogP contribution in [-0.4, -0.2) is 15.5 Å². The number of hydrogen-bond donors (Lipinski definition) is 1. The Kier molecular flexibility index (Phi) is 4.26. The van der Waals surface area contributed by atoms with E-state index in [0.717, 1.165) is 0 Å². The molecule has 0 spiro atoms. The summed E-state index contributed by atoms with van der Waals surface area (Å²) >= 11 is 17.2. The molecule has 0 fully saturated rings. The Morgan fingerprint density at radius 2 is 1.93 bits per heavy atom. The van der Waals surface area contributed by atoms with Crippen LogP contribution < -0.4 is 4.72 Å². The number of halogens is 3. The molecular formula is C8H8Cl3NO2S. The summed E-state index contributed by atoms with van der Waals surface area (Å²) in [6.07, 6.45) is 0. The van der Waals surface area contributed by atoms with Crippen molar-refractivity contribution < 1.29 is 8.42 Å². The Morgan fingerprint density at radius 3 is 2.40 bits per heavy atom. The van der Waals surface area contributed by atoms with E-state index in [1.807, 2.05) is 0 Å². The molecule has 0 aliphatic heterocycles. The molecule has 0 heterocycles. The van der Waals surface area contributed by atoms with Crippen LogP contribution >= 0.6 is 34.8 Å². The molecule has 84 valence electrons. The summed E-state index contributed by atoms with van der Waals surface area (Å²) in [5.41, 5.74) is 0.486. The van der Waals surface area contributed by atoms with E-state index in [0.29, 0.717) is 5.56 Å². The lowest BCUT2D eigenvalue weighted by Gasteiger charge is -2.08. The van der Waals surface area contributed by atoms with Crippen molar-refractivity contribution in [3.8, 4) is 0 Å². The van der Waals surface area contributed by atoms with Crippen LogP contribution in [0.4, 0.5) is 0 Å². The average Bonchev–Trinajstić information content (AvgIpc) is 2.20. The first-order valence-corrected chi connectivity index (χ1v) is 6.67. The van der Waals surface area contributed by atoms with Crippen molar-refractivity contribution >= 4 is 44.8 Å². The number of benzene rings is 1. The van der Waals surface area contributed by atoms with Crippen molar-refractivity contribution in [2.75, 3.05) is 7.05 Å². The molecule has 0 bridgehead atoms. The minimum absolute atomic E-state index is 0.0604. The summed E-state index contributed by atoms with van der Waals surface area (Å²) in [5, 5.41) is 0.382. The summed E-state index contributed by atoms with van der Waals surface area (Å²) in [6, 6.07) is 2.82. The summed E-state index contributed by atoms with van der Waals surface area (Å²) in [5.74, 6) is 0.103. The van der Waals surface area contributed by atoms with Crippen molar-refractivity contribution in [3.63, 3.8) is 0 Å². The molecule has 1 N–H and O–H groups in total. The molecule has 0 saturated carbocycles. The molecule has 1 aromatic carbocycles. The third-order valence-electron chi connectivity index (χ3n) is 1.78. The highest BCUT2D eigenvalue weighted by atomic mass is 35.5. The number of sulfonamides is 1. The van der Waals surface area contributed by atoms with Gasteiger partial charge in [0.1, 0.15) is 4.90 Å². The summed E-state index contributed by atoms with van der Waals surface area (Å²) in [6.45, 7) is 0. The van der Waals surface area contributed by atoms with Gasteiger partial charge in [0, 0.05) is 10.9 Å². The zero-order valence-corrected chi connectivity index (χ0v) is 10.8. The number of hydrogen-bond acceptors (Lipinski definition) is 2. The maximum Gasteiger partial charge on any atom is 0.241 e. The number of alkyl halides is 1. The van der Waals surface area contributed by atoms with E-state index in [4.69, 9.17) is 34.8 Å². The zero-order valence-electron chi connectivity index (χ0n) is 7.72. The Hall–Kier alpha value is -0.000000000000000111. The predicted octanol–water partition coefficient (Wildman–Crippen LogP) is 2.64. The van der Waals surface area contributed by atoms with Gasteiger partial charge >= 0.3 is 0 Å². The molecule has 0 saturated heterocycles. The normalized spacial score (nSPS) is 11.7. The number of nitrogens with one attached hydrogen (secondary N) is 1. The van der Waals surface area contributed by atoms with Crippen LogP contribution in [0.1, 0.15) is 5.56 Å². The van der Waals surface area contributed by atoms with Gasteiger partial charge in [0.2, 0.25) is 10.0 Å². The van der Waals surface area contributed by atoms with Crippen molar-refractivity contribution in [1.82, 2.24) is 4.72 Å². The first kappa shape index (κ1) is 13.1. The van der Waals surface area contributed by atoms with E-state index >= 15 is 0 Å². The topological polar surface area (TPSA) is 46.2 Å². The summed E-state index contributed by atoms with van der Waals surface area (Å²) in [7, 11) is -2.31. The van der Waals surface area contributed by atoms with Crippen molar-refractivity contribution in [3.05, 3.63) is 27.7 Å². The van der Waals surface area contributed by atoms with Crippen molar-refractivity contribution in [2.45, 2.75) is 10.8 Å². The smallest absolute Gasteiger partial charge is 0.214 e. The Balaban J connectivity index is 3.49. The second-order valence-corrected chi connectivity index (χ2v) is 5.65. The zero-order chi connectivity index (χ0) is 11.6. The molecule has 0 radical (unpaired) electrons. The van der Waals surface area contributed by atoms with Gasteiger partial charge in [-0.25, -0.2) is 13.1 Å². The van der Waals surface area contributed by atoms with Gasteiger partial charge in [0.15, 0.2) is 0 Å². The standard InChI is InChI=1S/C8H8Cl3NO2S/c1-12-15(13,14)7-3-6(10)2-5(4-9)8(7)11/h2-3,12H,4H2,1H3. The van der Waals surface area contributed by atoms with Crippen LogP contribution in [0.3, 0.4) is 0 Å². The molecule has 0 amide bonds. The lowest BCUT2D eigenvalue weighted by atomic mass is 10.2. The fraction of sp³-hybridized carbons (Fsp3) is 0.250. The SMILES string of the molecule is CNS(=O)(=O)c1cc(Cl)cc(CCl)c1Cl. The summed E-state index contributed by atoms with van der Waals surface area (Å²) in [4.78, 5) is -0.0604.